The van der Waals surface area contributed by atoms with E-state index < -0.39 is 5.41 Å². The Morgan fingerprint density at radius 1 is 1.08 bits per heavy atom. The highest BCUT2D eigenvalue weighted by Crippen LogP contribution is 2.33. The van der Waals surface area contributed by atoms with Gasteiger partial charge in [0, 0.05) is 67.0 Å². The van der Waals surface area contributed by atoms with E-state index in [1.54, 1.807) is 25.6 Å². The van der Waals surface area contributed by atoms with Crippen LogP contribution >= 0.6 is 0 Å². The van der Waals surface area contributed by atoms with Crippen molar-refractivity contribution < 1.29 is 9.13 Å². The number of ether oxygens (including phenoxy) is 1. The van der Waals surface area contributed by atoms with Crippen LogP contribution in [-0.4, -0.2) is 30.7 Å². The van der Waals surface area contributed by atoms with Gasteiger partial charge in [0.2, 0.25) is 0 Å². The van der Waals surface area contributed by atoms with Gasteiger partial charge in [0.1, 0.15) is 17.4 Å². The van der Waals surface area contributed by atoms with Crippen molar-refractivity contribution in [2.75, 3.05) is 30.5 Å². The Balaban J connectivity index is 1.36. The maximum atomic E-state index is 15.0. The van der Waals surface area contributed by atoms with Gasteiger partial charge < -0.3 is 14.5 Å². The molecule has 0 radical (unpaired) electrons. The number of hydrogen-bond acceptors (Lipinski definition) is 6. The smallest absolute Gasteiger partial charge is 0.131 e. The summed E-state index contributed by atoms with van der Waals surface area (Å²) in [5.41, 5.74) is 4.38. The number of pyridine rings is 2. The number of aromatic nitrogens is 2. The summed E-state index contributed by atoms with van der Waals surface area (Å²) >= 11 is 0. The van der Waals surface area contributed by atoms with Crippen molar-refractivity contribution in [3.63, 3.8) is 0 Å². The van der Waals surface area contributed by atoms with Gasteiger partial charge in [-0.1, -0.05) is 18.2 Å². The molecule has 2 aromatic carbocycles. The lowest BCUT2D eigenvalue weighted by atomic mass is 9.84. The molecule has 6 nitrogen and oxygen atoms in total. The molecule has 1 aliphatic heterocycles. The van der Waals surface area contributed by atoms with Crippen LogP contribution in [0, 0.1) is 22.6 Å². The fraction of sp³-hybridized carbons (Fsp3) is 0.219. The van der Waals surface area contributed by atoms with E-state index in [0.29, 0.717) is 24.2 Å². The lowest BCUT2D eigenvalue weighted by molar-refractivity contribution is 0.414. The molecular formula is C32H30FN5O. The number of anilines is 2. The van der Waals surface area contributed by atoms with Crippen molar-refractivity contribution in [1.82, 2.24) is 9.97 Å². The van der Waals surface area contributed by atoms with E-state index in [0.717, 1.165) is 39.3 Å². The second-order valence-electron chi connectivity index (χ2n) is 10.2. The summed E-state index contributed by atoms with van der Waals surface area (Å²) in [4.78, 5) is 13.4. The van der Waals surface area contributed by atoms with Gasteiger partial charge in [0.25, 0.3) is 0 Å². The SMILES string of the molecule is COc1ccc(CN(C)c2cc3ncc(-c4cc(N5C=CC(C(C)(C)C#N)=CC5)ccc4F)cc3cn2)cc1. The Morgan fingerprint density at radius 3 is 2.56 bits per heavy atom. The standard InChI is InChI=1S/C32H30FN5O/c1-32(2,21-34)25-11-13-38(14-12-25)26-7-10-29(33)28(16-26)23-15-24-19-36-31(17-30(24)35-18-23)37(3)20-22-5-8-27(39-4)9-6-22/h5-13,15-19H,14,20H2,1-4H3. The van der Waals surface area contributed by atoms with Crippen LogP contribution in [0.3, 0.4) is 0 Å². The number of halogens is 1. The molecule has 0 spiro atoms. The van der Waals surface area contributed by atoms with Crippen LogP contribution < -0.4 is 14.5 Å². The first-order chi connectivity index (χ1) is 18.8. The second kappa shape index (κ2) is 10.6. The summed E-state index contributed by atoms with van der Waals surface area (Å²) < 4.78 is 20.2. The van der Waals surface area contributed by atoms with E-state index in [9.17, 15) is 9.65 Å². The number of benzene rings is 2. The highest BCUT2D eigenvalue weighted by molar-refractivity contribution is 5.85. The molecular weight excluding hydrogens is 489 g/mol. The van der Waals surface area contributed by atoms with E-state index in [1.807, 2.05) is 86.6 Å². The molecule has 196 valence electrons. The predicted octanol–water partition coefficient (Wildman–Crippen LogP) is 6.89. The van der Waals surface area contributed by atoms with Crippen LogP contribution in [0.25, 0.3) is 22.0 Å². The molecule has 0 saturated carbocycles. The van der Waals surface area contributed by atoms with Crippen molar-refractivity contribution in [2.24, 2.45) is 5.41 Å². The quantitative estimate of drug-likeness (QED) is 0.265. The van der Waals surface area contributed by atoms with Crippen molar-refractivity contribution in [3.8, 4) is 22.9 Å². The first-order valence-corrected chi connectivity index (χ1v) is 12.7. The average molecular weight is 520 g/mol. The maximum absolute atomic E-state index is 15.0. The summed E-state index contributed by atoms with van der Waals surface area (Å²) in [6, 6.07) is 19.2. The minimum atomic E-state index is -0.550. The van der Waals surface area contributed by atoms with E-state index in [2.05, 4.69) is 20.9 Å². The molecule has 1 aliphatic rings. The Kier molecular flexibility index (Phi) is 7.03. The lowest BCUT2D eigenvalue weighted by Crippen LogP contribution is -2.22. The summed E-state index contributed by atoms with van der Waals surface area (Å²) in [6.45, 7) is 5.10. The van der Waals surface area contributed by atoms with Crippen LogP contribution in [0.15, 0.2) is 90.9 Å². The largest absolute Gasteiger partial charge is 0.497 e. The zero-order chi connectivity index (χ0) is 27.6. The van der Waals surface area contributed by atoms with E-state index in [1.165, 1.54) is 6.07 Å². The minimum Gasteiger partial charge on any atom is -0.497 e. The first-order valence-electron chi connectivity index (χ1n) is 12.7. The highest BCUT2D eigenvalue weighted by atomic mass is 19.1. The zero-order valence-electron chi connectivity index (χ0n) is 22.5. The van der Waals surface area contributed by atoms with Crippen LogP contribution in [0.4, 0.5) is 15.9 Å². The molecule has 7 heteroatoms. The molecule has 39 heavy (non-hydrogen) atoms. The number of nitriles is 1. The Bertz CT molecular complexity index is 1620. The molecule has 0 amide bonds. The Morgan fingerprint density at radius 2 is 1.87 bits per heavy atom. The molecule has 3 heterocycles. The van der Waals surface area contributed by atoms with Gasteiger partial charge in [-0.25, -0.2) is 9.37 Å². The minimum absolute atomic E-state index is 0.313. The number of nitrogens with zero attached hydrogens (tertiary/aromatic N) is 5. The van der Waals surface area contributed by atoms with Gasteiger partial charge in [-0.05, 0) is 67.5 Å². The van der Waals surface area contributed by atoms with E-state index >= 15 is 0 Å². The third kappa shape index (κ3) is 5.46. The molecule has 0 unspecified atom stereocenters. The fourth-order valence-electron chi connectivity index (χ4n) is 4.58. The Labute approximate surface area is 228 Å². The lowest BCUT2D eigenvalue weighted by Gasteiger charge is -2.27. The van der Waals surface area contributed by atoms with Crippen molar-refractivity contribution in [2.45, 2.75) is 20.4 Å². The van der Waals surface area contributed by atoms with Crippen molar-refractivity contribution in [1.29, 1.82) is 5.26 Å². The molecule has 0 atom stereocenters. The predicted molar refractivity (Wildman–Crippen MR) is 154 cm³/mol. The summed E-state index contributed by atoms with van der Waals surface area (Å²) in [6.07, 6.45) is 9.42. The van der Waals surface area contributed by atoms with Crippen LogP contribution in [0.5, 0.6) is 5.75 Å². The Hall–Kier alpha value is -4.70. The maximum Gasteiger partial charge on any atom is 0.131 e. The van der Waals surface area contributed by atoms with Crippen molar-refractivity contribution in [3.05, 3.63) is 102 Å². The molecule has 0 saturated heterocycles. The van der Waals surface area contributed by atoms with Crippen LogP contribution in [0.1, 0.15) is 19.4 Å². The fourth-order valence-corrected chi connectivity index (χ4v) is 4.58. The first kappa shape index (κ1) is 25.9. The monoisotopic (exact) mass is 519 g/mol. The summed E-state index contributed by atoms with van der Waals surface area (Å²) in [5.74, 6) is 1.31. The third-order valence-electron chi connectivity index (χ3n) is 7.06. The number of hydrogen-bond donors (Lipinski definition) is 0. The van der Waals surface area contributed by atoms with Crippen LogP contribution in [0.2, 0.25) is 0 Å². The van der Waals surface area contributed by atoms with Gasteiger partial charge in [0.15, 0.2) is 0 Å². The number of rotatable bonds is 7. The molecule has 4 aromatic rings. The van der Waals surface area contributed by atoms with Gasteiger partial charge in [0.05, 0.1) is 24.1 Å². The number of methoxy groups -OCH3 is 1. The highest BCUT2D eigenvalue weighted by Gasteiger charge is 2.23. The molecule has 0 fully saturated rings. The van der Waals surface area contributed by atoms with Gasteiger partial charge in [-0.15, -0.1) is 0 Å². The molecule has 0 N–H and O–H groups in total. The van der Waals surface area contributed by atoms with Gasteiger partial charge in [-0.3, -0.25) is 4.98 Å². The summed E-state index contributed by atoms with van der Waals surface area (Å²) in [7, 11) is 3.64. The molecule has 0 bridgehead atoms. The molecule has 5 rings (SSSR count). The van der Waals surface area contributed by atoms with Crippen molar-refractivity contribution >= 4 is 22.4 Å². The number of allylic oxidation sites excluding steroid dienone is 2. The summed E-state index contributed by atoms with van der Waals surface area (Å²) in [5, 5.41) is 10.3. The topological polar surface area (TPSA) is 65.3 Å². The molecule has 0 aliphatic carbocycles. The average Bonchev–Trinajstić information content (AvgIpc) is 2.97. The molecule has 2 aromatic heterocycles. The van der Waals surface area contributed by atoms with Gasteiger partial charge in [-0.2, -0.15) is 5.26 Å². The van der Waals surface area contributed by atoms with E-state index in [-0.39, 0.29) is 5.82 Å². The normalized spacial score (nSPS) is 13.2. The second-order valence-corrected chi connectivity index (χ2v) is 10.2. The van der Waals surface area contributed by atoms with Gasteiger partial charge >= 0.3 is 0 Å². The third-order valence-corrected chi connectivity index (χ3v) is 7.06. The van der Waals surface area contributed by atoms with Crippen LogP contribution in [-0.2, 0) is 6.54 Å². The van der Waals surface area contributed by atoms with E-state index in [4.69, 9.17) is 4.74 Å². The number of fused-ring (bicyclic) bond motifs is 1. The zero-order valence-corrected chi connectivity index (χ0v) is 22.5.